The maximum Gasteiger partial charge on any atom is 0.255 e. The molecule has 5 heteroatoms. The summed E-state index contributed by atoms with van der Waals surface area (Å²) >= 11 is 0. The maximum atomic E-state index is 12.5. The van der Waals surface area contributed by atoms with Crippen molar-refractivity contribution < 1.29 is 4.79 Å². The van der Waals surface area contributed by atoms with Crippen LogP contribution in [0.4, 0.5) is 5.82 Å². The molecule has 1 saturated heterocycles. The van der Waals surface area contributed by atoms with Gasteiger partial charge in [0.25, 0.3) is 5.91 Å². The van der Waals surface area contributed by atoms with Gasteiger partial charge in [0.05, 0.1) is 5.56 Å². The SMILES string of the molecule is CCCNc1ccc(C(=O)N2CCN(CC)C(C)C2)cn1. The minimum Gasteiger partial charge on any atom is -0.370 e. The van der Waals surface area contributed by atoms with E-state index in [1.165, 1.54) is 0 Å². The van der Waals surface area contributed by atoms with Crippen molar-refractivity contribution in [3.05, 3.63) is 23.9 Å². The Kier molecular flexibility index (Phi) is 5.56. The molecule has 1 N–H and O–H groups in total. The molecule has 1 aliphatic rings. The van der Waals surface area contributed by atoms with E-state index in [0.29, 0.717) is 11.6 Å². The highest BCUT2D eigenvalue weighted by molar-refractivity contribution is 5.94. The van der Waals surface area contributed by atoms with E-state index in [9.17, 15) is 4.79 Å². The molecule has 0 saturated carbocycles. The lowest BCUT2D eigenvalue weighted by Crippen LogP contribution is -2.53. The summed E-state index contributed by atoms with van der Waals surface area (Å²) in [5.74, 6) is 0.921. The molecular weight excluding hydrogens is 264 g/mol. The van der Waals surface area contributed by atoms with Gasteiger partial charge >= 0.3 is 0 Å². The van der Waals surface area contributed by atoms with Crippen LogP contribution < -0.4 is 5.32 Å². The van der Waals surface area contributed by atoms with Crippen LogP contribution in [0.3, 0.4) is 0 Å². The molecule has 2 heterocycles. The number of aromatic nitrogens is 1. The number of pyridine rings is 1. The Morgan fingerprint density at radius 1 is 1.38 bits per heavy atom. The van der Waals surface area contributed by atoms with Gasteiger partial charge in [-0.3, -0.25) is 9.69 Å². The van der Waals surface area contributed by atoms with Gasteiger partial charge < -0.3 is 10.2 Å². The molecule has 0 radical (unpaired) electrons. The molecule has 5 nitrogen and oxygen atoms in total. The van der Waals surface area contributed by atoms with Gasteiger partial charge in [-0.25, -0.2) is 4.98 Å². The molecule has 1 atom stereocenters. The van der Waals surface area contributed by atoms with Crippen molar-refractivity contribution >= 4 is 11.7 Å². The number of carbonyl (C=O) groups is 1. The second kappa shape index (κ2) is 7.41. The van der Waals surface area contributed by atoms with Gasteiger partial charge in [-0.2, -0.15) is 0 Å². The fourth-order valence-electron chi connectivity index (χ4n) is 2.71. The number of nitrogens with one attached hydrogen (secondary N) is 1. The van der Waals surface area contributed by atoms with Gasteiger partial charge in [0.2, 0.25) is 0 Å². The van der Waals surface area contributed by atoms with E-state index in [1.54, 1.807) is 6.20 Å². The Bertz CT molecular complexity index is 460. The monoisotopic (exact) mass is 290 g/mol. The predicted octanol–water partition coefficient (Wildman–Crippen LogP) is 2.07. The lowest BCUT2D eigenvalue weighted by Gasteiger charge is -2.39. The van der Waals surface area contributed by atoms with Crippen molar-refractivity contribution in [1.82, 2.24) is 14.8 Å². The van der Waals surface area contributed by atoms with E-state index in [1.807, 2.05) is 17.0 Å². The largest absolute Gasteiger partial charge is 0.370 e. The summed E-state index contributed by atoms with van der Waals surface area (Å²) in [5, 5.41) is 3.22. The van der Waals surface area contributed by atoms with Gasteiger partial charge in [-0.1, -0.05) is 13.8 Å². The summed E-state index contributed by atoms with van der Waals surface area (Å²) in [5.41, 5.74) is 0.675. The Balaban J connectivity index is 1.97. The topological polar surface area (TPSA) is 48.5 Å². The van der Waals surface area contributed by atoms with Crippen molar-refractivity contribution in [1.29, 1.82) is 0 Å². The van der Waals surface area contributed by atoms with Crippen LogP contribution in [0.5, 0.6) is 0 Å². The first-order chi connectivity index (χ1) is 10.2. The number of rotatable bonds is 5. The van der Waals surface area contributed by atoms with Crippen molar-refractivity contribution in [2.45, 2.75) is 33.2 Å². The minimum absolute atomic E-state index is 0.0899. The maximum absolute atomic E-state index is 12.5. The first kappa shape index (κ1) is 15.8. The third-order valence-corrected chi connectivity index (χ3v) is 4.03. The van der Waals surface area contributed by atoms with Crippen LogP contribution in [0.15, 0.2) is 18.3 Å². The molecule has 1 amide bonds. The normalized spacial score (nSPS) is 19.6. The van der Waals surface area contributed by atoms with Crippen LogP contribution in [0, 0.1) is 0 Å². The van der Waals surface area contributed by atoms with Crippen LogP contribution >= 0.6 is 0 Å². The molecule has 0 aliphatic carbocycles. The number of nitrogens with zero attached hydrogens (tertiary/aromatic N) is 3. The molecule has 2 rings (SSSR count). The van der Waals surface area contributed by atoms with E-state index in [-0.39, 0.29) is 5.91 Å². The second-order valence-electron chi connectivity index (χ2n) is 5.59. The van der Waals surface area contributed by atoms with E-state index >= 15 is 0 Å². The highest BCUT2D eigenvalue weighted by atomic mass is 16.2. The average Bonchev–Trinajstić information content (AvgIpc) is 2.52. The molecule has 116 valence electrons. The molecule has 1 unspecified atom stereocenters. The van der Waals surface area contributed by atoms with E-state index in [2.05, 4.69) is 36.0 Å². The number of likely N-dealkylation sites (N-methyl/N-ethyl adjacent to an activating group) is 1. The van der Waals surface area contributed by atoms with Crippen LogP contribution in [0.1, 0.15) is 37.6 Å². The first-order valence-electron chi connectivity index (χ1n) is 7.89. The highest BCUT2D eigenvalue weighted by Crippen LogP contribution is 2.13. The van der Waals surface area contributed by atoms with Crippen molar-refractivity contribution in [3.63, 3.8) is 0 Å². The first-order valence-corrected chi connectivity index (χ1v) is 7.89. The quantitative estimate of drug-likeness (QED) is 0.902. The van der Waals surface area contributed by atoms with Crippen molar-refractivity contribution in [2.75, 3.05) is 38.0 Å². The van der Waals surface area contributed by atoms with E-state index in [4.69, 9.17) is 0 Å². The fourth-order valence-corrected chi connectivity index (χ4v) is 2.71. The molecule has 1 aromatic rings. The highest BCUT2D eigenvalue weighted by Gasteiger charge is 2.26. The zero-order chi connectivity index (χ0) is 15.2. The Labute approximate surface area is 127 Å². The molecule has 0 spiro atoms. The summed E-state index contributed by atoms with van der Waals surface area (Å²) in [4.78, 5) is 21.2. The summed E-state index contributed by atoms with van der Waals surface area (Å²) in [6, 6.07) is 4.17. The molecule has 21 heavy (non-hydrogen) atoms. The van der Waals surface area contributed by atoms with Crippen LogP contribution in [-0.4, -0.2) is 59.5 Å². The van der Waals surface area contributed by atoms with Crippen LogP contribution in [0.25, 0.3) is 0 Å². The number of carbonyl (C=O) groups excluding carboxylic acids is 1. The fraction of sp³-hybridized carbons (Fsp3) is 0.625. The zero-order valence-electron chi connectivity index (χ0n) is 13.3. The summed E-state index contributed by atoms with van der Waals surface area (Å²) < 4.78 is 0. The lowest BCUT2D eigenvalue weighted by atomic mass is 10.1. The Morgan fingerprint density at radius 2 is 2.19 bits per heavy atom. The van der Waals surface area contributed by atoms with Gasteiger partial charge in [-0.05, 0) is 32.0 Å². The molecular formula is C16H26N4O. The lowest BCUT2D eigenvalue weighted by molar-refractivity contribution is 0.0528. The third kappa shape index (κ3) is 3.94. The van der Waals surface area contributed by atoms with Crippen LogP contribution in [0.2, 0.25) is 0 Å². The summed E-state index contributed by atoms with van der Waals surface area (Å²) in [6.45, 7) is 10.9. The summed E-state index contributed by atoms with van der Waals surface area (Å²) in [6.07, 6.45) is 2.74. The standard InChI is InChI=1S/C16H26N4O/c1-4-8-17-15-7-6-14(11-18-15)16(21)20-10-9-19(5-2)13(3)12-20/h6-7,11,13H,4-5,8-10,12H2,1-3H3,(H,17,18). The van der Waals surface area contributed by atoms with Gasteiger partial charge in [-0.15, -0.1) is 0 Å². The number of anilines is 1. The number of piperazine rings is 1. The number of hydrogen-bond acceptors (Lipinski definition) is 4. The van der Waals surface area contributed by atoms with Crippen molar-refractivity contribution in [3.8, 4) is 0 Å². The molecule has 1 fully saturated rings. The molecule has 1 aliphatic heterocycles. The number of amides is 1. The summed E-state index contributed by atoms with van der Waals surface area (Å²) in [7, 11) is 0. The Morgan fingerprint density at radius 3 is 2.76 bits per heavy atom. The Hall–Kier alpha value is -1.62. The van der Waals surface area contributed by atoms with Crippen molar-refractivity contribution in [2.24, 2.45) is 0 Å². The van der Waals surface area contributed by atoms with Gasteiger partial charge in [0.15, 0.2) is 0 Å². The molecule has 0 bridgehead atoms. The zero-order valence-corrected chi connectivity index (χ0v) is 13.3. The van der Waals surface area contributed by atoms with Gasteiger partial charge in [0, 0.05) is 38.4 Å². The van der Waals surface area contributed by atoms with E-state index in [0.717, 1.165) is 45.0 Å². The second-order valence-corrected chi connectivity index (χ2v) is 5.59. The predicted molar refractivity (Wildman–Crippen MR) is 85.6 cm³/mol. The molecule has 0 aromatic carbocycles. The van der Waals surface area contributed by atoms with E-state index < -0.39 is 0 Å². The third-order valence-electron chi connectivity index (χ3n) is 4.03. The minimum atomic E-state index is 0.0899. The smallest absolute Gasteiger partial charge is 0.255 e. The average molecular weight is 290 g/mol. The van der Waals surface area contributed by atoms with Gasteiger partial charge in [0.1, 0.15) is 5.82 Å². The molecule has 1 aromatic heterocycles. The van der Waals surface area contributed by atoms with Crippen LogP contribution in [-0.2, 0) is 0 Å². The number of hydrogen-bond donors (Lipinski definition) is 1.